The number of piperidine rings is 1. The van der Waals surface area contributed by atoms with Gasteiger partial charge >= 0.3 is 6.03 Å². The van der Waals surface area contributed by atoms with E-state index in [0.29, 0.717) is 25.4 Å². The van der Waals surface area contributed by atoms with Crippen LogP contribution in [0, 0.1) is 26.7 Å². The summed E-state index contributed by atoms with van der Waals surface area (Å²) in [5, 5.41) is 6.00. The summed E-state index contributed by atoms with van der Waals surface area (Å²) in [6, 6.07) is 14.1. The van der Waals surface area contributed by atoms with E-state index < -0.39 is 0 Å². The molecule has 0 unspecified atom stereocenters. The van der Waals surface area contributed by atoms with E-state index >= 15 is 0 Å². The van der Waals surface area contributed by atoms with Crippen LogP contribution in [0.2, 0.25) is 0 Å². The van der Waals surface area contributed by atoms with Crippen molar-refractivity contribution < 1.29 is 9.59 Å². The van der Waals surface area contributed by atoms with Gasteiger partial charge in [-0.1, -0.05) is 35.9 Å². The van der Waals surface area contributed by atoms with Gasteiger partial charge < -0.3 is 15.5 Å². The fourth-order valence-corrected chi connectivity index (χ4v) is 3.86. The second kappa shape index (κ2) is 10.3. The van der Waals surface area contributed by atoms with Crippen LogP contribution in [0.5, 0.6) is 0 Å². The molecule has 3 amide bonds. The Morgan fingerprint density at radius 2 is 1.80 bits per heavy atom. The number of amides is 3. The number of urea groups is 1. The first-order valence-electron chi connectivity index (χ1n) is 10.9. The molecule has 1 aliphatic rings. The predicted octanol–water partition coefficient (Wildman–Crippen LogP) is 4.95. The molecule has 5 nitrogen and oxygen atoms in total. The first-order chi connectivity index (χ1) is 14.4. The lowest BCUT2D eigenvalue weighted by molar-refractivity contribution is -0.121. The zero-order chi connectivity index (χ0) is 21.5. The van der Waals surface area contributed by atoms with E-state index in [1.54, 1.807) is 0 Å². The Morgan fingerprint density at radius 1 is 1.03 bits per heavy atom. The Labute approximate surface area is 179 Å². The predicted molar refractivity (Wildman–Crippen MR) is 121 cm³/mol. The molecule has 30 heavy (non-hydrogen) atoms. The lowest BCUT2D eigenvalue weighted by atomic mass is 9.93. The first-order valence-corrected chi connectivity index (χ1v) is 10.9. The van der Waals surface area contributed by atoms with E-state index in [4.69, 9.17) is 0 Å². The minimum atomic E-state index is -0.0530. The maximum atomic E-state index is 12.6. The van der Waals surface area contributed by atoms with E-state index in [1.807, 2.05) is 36.1 Å². The molecule has 0 aromatic heterocycles. The quantitative estimate of drug-likeness (QED) is 0.711. The Balaban J connectivity index is 1.41. The van der Waals surface area contributed by atoms with Crippen LogP contribution in [0.25, 0.3) is 0 Å². The van der Waals surface area contributed by atoms with Crippen molar-refractivity contribution in [2.45, 2.75) is 53.0 Å². The second-order valence-electron chi connectivity index (χ2n) is 8.48. The van der Waals surface area contributed by atoms with Crippen LogP contribution in [0.1, 0.15) is 47.9 Å². The molecule has 0 saturated carbocycles. The summed E-state index contributed by atoms with van der Waals surface area (Å²) in [5.41, 5.74) is 5.62. The van der Waals surface area contributed by atoms with Gasteiger partial charge in [-0.25, -0.2) is 4.79 Å². The molecule has 2 N–H and O–H groups in total. The maximum Gasteiger partial charge on any atom is 0.321 e. The van der Waals surface area contributed by atoms with Crippen LogP contribution in [0.3, 0.4) is 0 Å². The number of hydrogen-bond acceptors (Lipinski definition) is 2. The molecule has 0 bridgehead atoms. The van der Waals surface area contributed by atoms with Crippen molar-refractivity contribution >= 4 is 17.6 Å². The van der Waals surface area contributed by atoms with Crippen LogP contribution in [-0.4, -0.2) is 29.9 Å². The van der Waals surface area contributed by atoms with Crippen molar-refractivity contribution in [2.75, 3.05) is 18.4 Å². The third kappa shape index (κ3) is 6.34. The van der Waals surface area contributed by atoms with Crippen LogP contribution in [0.4, 0.5) is 10.5 Å². The van der Waals surface area contributed by atoms with Crippen LogP contribution >= 0.6 is 0 Å². The summed E-state index contributed by atoms with van der Waals surface area (Å²) >= 11 is 0. The van der Waals surface area contributed by atoms with Gasteiger partial charge in [0.2, 0.25) is 5.91 Å². The number of carbonyl (C=O) groups is 2. The molecule has 5 heteroatoms. The summed E-state index contributed by atoms with van der Waals surface area (Å²) in [6.07, 6.45) is 3.37. The molecule has 1 saturated heterocycles. The Morgan fingerprint density at radius 3 is 2.53 bits per heavy atom. The number of benzene rings is 2. The molecule has 0 aliphatic carbocycles. The third-order valence-electron chi connectivity index (χ3n) is 5.95. The standard InChI is InChI=1S/C25H33N3O2/c1-18-6-11-23(12-7-18)27-25(30)28-14-4-5-21(17-28)10-13-24(29)26-16-22-9-8-19(2)20(3)15-22/h6-9,11-12,15,21H,4-5,10,13-14,16-17H2,1-3H3,(H,26,29)(H,27,30)/t21-/m1/s1. The van der Waals surface area contributed by atoms with Gasteiger partial charge in [-0.2, -0.15) is 0 Å². The second-order valence-corrected chi connectivity index (χ2v) is 8.48. The highest BCUT2D eigenvalue weighted by Gasteiger charge is 2.24. The Hall–Kier alpha value is -2.82. The summed E-state index contributed by atoms with van der Waals surface area (Å²) in [5.74, 6) is 0.448. The minimum absolute atomic E-state index is 0.0530. The number of hydrogen-bond donors (Lipinski definition) is 2. The molecule has 1 aliphatic heterocycles. The van der Waals surface area contributed by atoms with Crippen molar-refractivity contribution in [2.24, 2.45) is 5.92 Å². The molecule has 1 atom stereocenters. The van der Waals surface area contributed by atoms with Gasteiger partial charge in [-0.15, -0.1) is 0 Å². The number of carbonyl (C=O) groups excluding carboxylic acids is 2. The highest BCUT2D eigenvalue weighted by atomic mass is 16.2. The topological polar surface area (TPSA) is 61.4 Å². The number of likely N-dealkylation sites (tertiary alicyclic amines) is 1. The molecule has 0 radical (unpaired) electrons. The third-order valence-corrected chi connectivity index (χ3v) is 5.95. The molecular formula is C25H33N3O2. The average molecular weight is 408 g/mol. The lowest BCUT2D eigenvalue weighted by Gasteiger charge is -2.32. The molecule has 160 valence electrons. The van der Waals surface area contributed by atoms with Gasteiger partial charge in [0.05, 0.1) is 0 Å². The van der Waals surface area contributed by atoms with Crippen LogP contribution < -0.4 is 10.6 Å². The molecular weight excluding hydrogens is 374 g/mol. The number of nitrogens with zero attached hydrogens (tertiary/aromatic N) is 1. The average Bonchev–Trinajstić information content (AvgIpc) is 2.75. The summed E-state index contributed by atoms with van der Waals surface area (Å²) in [4.78, 5) is 26.7. The zero-order valence-corrected chi connectivity index (χ0v) is 18.3. The van der Waals surface area contributed by atoms with E-state index in [9.17, 15) is 9.59 Å². The van der Waals surface area contributed by atoms with Crippen molar-refractivity contribution in [1.82, 2.24) is 10.2 Å². The summed E-state index contributed by atoms with van der Waals surface area (Å²) in [7, 11) is 0. The van der Waals surface area contributed by atoms with Gasteiger partial charge in [0.25, 0.3) is 0 Å². The van der Waals surface area contributed by atoms with E-state index in [1.165, 1.54) is 16.7 Å². The zero-order valence-electron chi connectivity index (χ0n) is 18.3. The SMILES string of the molecule is Cc1ccc(NC(=O)N2CCC[C@H](CCC(=O)NCc3ccc(C)c(C)c3)C2)cc1. The Bertz CT molecular complexity index is 876. The van der Waals surface area contributed by atoms with Gasteiger partial charge in [-0.05, 0) is 74.8 Å². The molecule has 2 aromatic rings. The van der Waals surface area contributed by atoms with E-state index in [-0.39, 0.29) is 11.9 Å². The lowest BCUT2D eigenvalue weighted by Crippen LogP contribution is -2.42. The van der Waals surface area contributed by atoms with Gasteiger partial charge in [0.15, 0.2) is 0 Å². The fraction of sp³-hybridized carbons (Fsp3) is 0.440. The Kier molecular flexibility index (Phi) is 7.50. The van der Waals surface area contributed by atoms with Gasteiger partial charge in [-0.3, -0.25) is 4.79 Å². The molecule has 1 fully saturated rings. The molecule has 2 aromatic carbocycles. The van der Waals surface area contributed by atoms with Crippen molar-refractivity contribution in [3.8, 4) is 0 Å². The molecule has 1 heterocycles. The summed E-state index contributed by atoms with van der Waals surface area (Å²) in [6.45, 7) is 8.25. The maximum absolute atomic E-state index is 12.6. The van der Waals surface area contributed by atoms with E-state index in [0.717, 1.165) is 37.1 Å². The normalized spacial score (nSPS) is 16.2. The van der Waals surface area contributed by atoms with Crippen molar-refractivity contribution in [3.63, 3.8) is 0 Å². The smallest absolute Gasteiger partial charge is 0.321 e. The van der Waals surface area contributed by atoms with Crippen LogP contribution in [-0.2, 0) is 11.3 Å². The molecule has 3 rings (SSSR count). The number of nitrogens with one attached hydrogen (secondary N) is 2. The monoisotopic (exact) mass is 407 g/mol. The van der Waals surface area contributed by atoms with Gasteiger partial charge in [0.1, 0.15) is 0 Å². The largest absolute Gasteiger partial charge is 0.352 e. The summed E-state index contributed by atoms with van der Waals surface area (Å²) < 4.78 is 0. The van der Waals surface area contributed by atoms with Gasteiger partial charge in [0, 0.05) is 31.7 Å². The number of aryl methyl sites for hydroxylation is 3. The first kappa shape index (κ1) is 21.9. The van der Waals surface area contributed by atoms with E-state index in [2.05, 4.69) is 42.7 Å². The highest BCUT2D eigenvalue weighted by Crippen LogP contribution is 2.22. The van der Waals surface area contributed by atoms with Crippen LogP contribution in [0.15, 0.2) is 42.5 Å². The fourth-order valence-electron chi connectivity index (χ4n) is 3.86. The number of rotatable bonds is 6. The highest BCUT2D eigenvalue weighted by molar-refractivity contribution is 5.89. The number of anilines is 1. The van der Waals surface area contributed by atoms with Crippen molar-refractivity contribution in [3.05, 3.63) is 64.7 Å². The van der Waals surface area contributed by atoms with Crippen molar-refractivity contribution in [1.29, 1.82) is 0 Å². The molecule has 0 spiro atoms. The minimum Gasteiger partial charge on any atom is -0.352 e.